The molecular formula is C18H21N5O2S. The van der Waals surface area contributed by atoms with E-state index in [0.29, 0.717) is 13.0 Å². The summed E-state index contributed by atoms with van der Waals surface area (Å²) in [4.78, 5) is 22.9. The highest BCUT2D eigenvalue weighted by Crippen LogP contribution is 2.37. The van der Waals surface area contributed by atoms with Crippen LogP contribution < -0.4 is 5.32 Å². The molecule has 0 aliphatic heterocycles. The van der Waals surface area contributed by atoms with E-state index in [1.807, 2.05) is 31.7 Å². The first-order valence-electron chi connectivity index (χ1n) is 8.68. The van der Waals surface area contributed by atoms with E-state index in [4.69, 9.17) is 9.51 Å². The zero-order chi connectivity index (χ0) is 18.3. The number of imidazole rings is 1. The lowest BCUT2D eigenvalue weighted by Crippen LogP contribution is -2.34. The van der Waals surface area contributed by atoms with Crippen LogP contribution in [0.15, 0.2) is 16.9 Å². The Morgan fingerprint density at radius 2 is 2.31 bits per heavy atom. The lowest BCUT2D eigenvalue weighted by Gasteiger charge is -2.20. The molecule has 136 valence electrons. The minimum absolute atomic E-state index is 0.0395. The Labute approximate surface area is 155 Å². The third kappa shape index (κ3) is 3.05. The zero-order valence-electron chi connectivity index (χ0n) is 15.1. The average molecular weight is 371 g/mol. The van der Waals surface area contributed by atoms with Crippen LogP contribution in [0.2, 0.25) is 0 Å². The minimum atomic E-state index is -0.0395. The Balaban J connectivity index is 1.46. The van der Waals surface area contributed by atoms with Gasteiger partial charge < -0.3 is 14.4 Å². The van der Waals surface area contributed by atoms with Crippen molar-refractivity contribution in [1.82, 2.24) is 25.0 Å². The topological polar surface area (TPSA) is 85.8 Å². The van der Waals surface area contributed by atoms with Gasteiger partial charge >= 0.3 is 0 Å². The molecule has 3 heterocycles. The number of carbonyl (C=O) groups is 1. The second-order valence-electron chi connectivity index (χ2n) is 6.70. The van der Waals surface area contributed by atoms with E-state index in [-0.39, 0.29) is 11.8 Å². The predicted molar refractivity (Wildman–Crippen MR) is 97.7 cm³/mol. The van der Waals surface area contributed by atoms with Gasteiger partial charge in [-0.15, -0.1) is 11.3 Å². The smallest absolute Gasteiger partial charge is 0.223 e. The molecule has 1 amide bonds. The van der Waals surface area contributed by atoms with Gasteiger partial charge in [0.15, 0.2) is 0 Å². The first kappa shape index (κ1) is 17.0. The summed E-state index contributed by atoms with van der Waals surface area (Å²) in [6.45, 7) is 4.29. The van der Waals surface area contributed by atoms with E-state index >= 15 is 0 Å². The van der Waals surface area contributed by atoms with Gasteiger partial charge in [-0.25, -0.2) is 9.97 Å². The molecule has 0 fully saturated rings. The van der Waals surface area contributed by atoms with Gasteiger partial charge in [0.2, 0.25) is 5.91 Å². The van der Waals surface area contributed by atoms with Crippen LogP contribution in [0.25, 0.3) is 10.6 Å². The standard InChI is InChI=1S/C18H21N5O2S/c1-10-16(11(2)25-22-10)18-21-13-8-12(4-5-14(13)26-18)17(24)20-9-15-19-6-7-23(15)3/h6-7,12H,4-5,8-9H2,1-3H3,(H,20,24). The molecule has 0 saturated carbocycles. The Morgan fingerprint density at radius 3 is 3.00 bits per heavy atom. The summed E-state index contributed by atoms with van der Waals surface area (Å²) >= 11 is 1.69. The molecule has 0 bridgehead atoms. The molecule has 4 rings (SSSR count). The van der Waals surface area contributed by atoms with Gasteiger partial charge in [0.1, 0.15) is 16.6 Å². The van der Waals surface area contributed by atoms with Gasteiger partial charge in [-0.05, 0) is 26.7 Å². The van der Waals surface area contributed by atoms with Crippen molar-refractivity contribution in [2.45, 2.75) is 39.7 Å². The van der Waals surface area contributed by atoms with Crippen LogP contribution in [-0.2, 0) is 31.2 Å². The Bertz CT molecular complexity index is 935. The quantitative estimate of drug-likeness (QED) is 0.762. The second-order valence-corrected chi connectivity index (χ2v) is 7.78. The third-order valence-corrected chi connectivity index (χ3v) is 6.07. The molecule has 0 spiro atoms. The number of carbonyl (C=O) groups excluding carboxylic acids is 1. The number of thiazole rings is 1. The first-order valence-corrected chi connectivity index (χ1v) is 9.50. The van der Waals surface area contributed by atoms with Crippen molar-refractivity contribution in [3.63, 3.8) is 0 Å². The molecule has 3 aromatic heterocycles. The molecular weight excluding hydrogens is 350 g/mol. The zero-order valence-corrected chi connectivity index (χ0v) is 15.9. The minimum Gasteiger partial charge on any atom is -0.361 e. The van der Waals surface area contributed by atoms with Crippen LogP contribution in [0, 0.1) is 19.8 Å². The Kier molecular flexibility index (Phi) is 4.36. The highest BCUT2D eigenvalue weighted by Gasteiger charge is 2.28. The van der Waals surface area contributed by atoms with Crippen molar-refractivity contribution in [3.8, 4) is 10.6 Å². The van der Waals surface area contributed by atoms with Crippen molar-refractivity contribution in [2.75, 3.05) is 0 Å². The van der Waals surface area contributed by atoms with E-state index in [9.17, 15) is 4.79 Å². The van der Waals surface area contributed by atoms with E-state index < -0.39 is 0 Å². The summed E-state index contributed by atoms with van der Waals surface area (Å²) in [5, 5.41) is 7.97. The molecule has 3 aromatic rings. The van der Waals surface area contributed by atoms with Crippen molar-refractivity contribution in [1.29, 1.82) is 0 Å². The summed E-state index contributed by atoms with van der Waals surface area (Å²) in [6.07, 6.45) is 6.03. The number of aryl methyl sites for hydroxylation is 4. The normalized spacial score (nSPS) is 16.5. The Morgan fingerprint density at radius 1 is 1.46 bits per heavy atom. The summed E-state index contributed by atoms with van der Waals surface area (Å²) in [5.74, 6) is 1.68. The van der Waals surface area contributed by atoms with Gasteiger partial charge in [0.25, 0.3) is 0 Å². The maximum Gasteiger partial charge on any atom is 0.223 e. The molecule has 1 aliphatic rings. The fourth-order valence-corrected chi connectivity index (χ4v) is 4.62. The van der Waals surface area contributed by atoms with E-state index in [0.717, 1.165) is 46.4 Å². The van der Waals surface area contributed by atoms with Gasteiger partial charge in [0, 0.05) is 36.7 Å². The number of rotatable bonds is 4. The van der Waals surface area contributed by atoms with Gasteiger partial charge in [0.05, 0.1) is 23.5 Å². The summed E-state index contributed by atoms with van der Waals surface area (Å²) in [5.41, 5.74) is 2.88. The molecule has 1 aliphatic carbocycles. The van der Waals surface area contributed by atoms with E-state index in [1.54, 1.807) is 17.5 Å². The van der Waals surface area contributed by atoms with E-state index in [2.05, 4.69) is 15.5 Å². The highest BCUT2D eigenvalue weighted by molar-refractivity contribution is 7.15. The number of aromatic nitrogens is 4. The van der Waals surface area contributed by atoms with Crippen molar-refractivity contribution in [2.24, 2.45) is 13.0 Å². The van der Waals surface area contributed by atoms with Gasteiger partial charge in [-0.3, -0.25) is 4.79 Å². The number of hydrogen-bond donors (Lipinski definition) is 1. The van der Waals surface area contributed by atoms with Crippen LogP contribution in [0.5, 0.6) is 0 Å². The molecule has 0 aromatic carbocycles. The molecule has 26 heavy (non-hydrogen) atoms. The first-order chi connectivity index (χ1) is 12.5. The maximum atomic E-state index is 12.6. The summed E-state index contributed by atoms with van der Waals surface area (Å²) < 4.78 is 7.17. The van der Waals surface area contributed by atoms with Crippen molar-refractivity contribution < 1.29 is 9.32 Å². The average Bonchev–Trinajstić information content (AvgIpc) is 3.30. The van der Waals surface area contributed by atoms with Crippen LogP contribution >= 0.6 is 11.3 Å². The third-order valence-electron chi connectivity index (χ3n) is 4.90. The molecule has 8 heteroatoms. The van der Waals surface area contributed by atoms with E-state index in [1.165, 1.54) is 4.88 Å². The van der Waals surface area contributed by atoms with Crippen molar-refractivity contribution in [3.05, 3.63) is 40.2 Å². The van der Waals surface area contributed by atoms with Gasteiger partial charge in [-0.2, -0.15) is 0 Å². The molecule has 1 unspecified atom stereocenters. The molecule has 0 saturated heterocycles. The fourth-order valence-electron chi connectivity index (χ4n) is 3.38. The molecule has 0 radical (unpaired) electrons. The number of amides is 1. The number of nitrogens with one attached hydrogen (secondary N) is 1. The van der Waals surface area contributed by atoms with Gasteiger partial charge in [-0.1, -0.05) is 5.16 Å². The lowest BCUT2D eigenvalue weighted by molar-refractivity contribution is -0.125. The van der Waals surface area contributed by atoms with Crippen LogP contribution in [0.3, 0.4) is 0 Å². The fraction of sp³-hybridized carbons (Fsp3) is 0.444. The van der Waals surface area contributed by atoms with Crippen LogP contribution in [0.1, 0.15) is 34.3 Å². The second kappa shape index (κ2) is 6.68. The summed E-state index contributed by atoms with van der Waals surface area (Å²) in [6, 6.07) is 0. The monoisotopic (exact) mass is 371 g/mol. The predicted octanol–water partition coefficient (Wildman–Crippen LogP) is 2.57. The molecule has 7 nitrogen and oxygen atoms in total. The Hall–Kier alpha value is -2.48. The molecule has 1 atom stereocenters. The lowest BCUT2D eigenvalue weighted by atomic mass is 9.90. The number of nitrogens with zero attached hydrogens (tertiary/aromatic N) is 4. The number of hydrogen-bond acceptors (Lipinski definition) is 6. The number of fused-ring (bicyclic) bond motifs is 1. The van der Waals surface area contributed by atoms with Crippen LogP contribution in [-0.4, -0.2) is 25.6 Å². The highest BCUT2D eigenvalue weighted by atomic mass is 32.1. The SMILES string of the molecule is Cc1noc(C)c1-c1nc2c(s1)CCC(C(=O)NCc1nccn1C)C2. The molecule has 1 N–H and O–H groups in total. The summed E-state index contributed by atoms with van der Waals surface area (Å²) in [7, 11) is 1.92. The van der Waals surface area contributed by atoms with Crippen LogP contribution in [0.4, 0.5) is 0 Å². The maximum absolute atomic E-state index is 12.6. The largest absolute Gasteiger partial charge is 0.361 e. The van der Waals surface area contributed by atoms with Crippen molar-refractivity contribution >= 4 is 17.2 Å².